The Bertz CT molecular complexity index is 876. The Hall–Kier alpha value is -3.12. The van der Waals surface area contributed by atoms with E-state index in [0.717, 1.165) is 47.5 Å². The van der Waals surface area contributed by atoms with Crippen LogP contribution in [-0.2, 0) is 4.79 Å². The van der Waals surface area contributed by atoms with Gasteiger partial charge in [0, 0.05) is 17.4 Å². The summed E-state index contributed by atoms with van der Waals surface area (Å²) < 4.78 is 5.33. The highest BCUT2D eigenvalue weighted by atomic mass is 16.5. The summed E-state index contributed by atoms with van der Waals surface area (Å²) in [7, 11) is 3.55. The molecule has 2 aromatic carbocycles. The minimum atomic E-state index is -0.239. The first-order valence-corrected chi connectivity index (χ1v) is 9.40. The summed E-state index contributed by atoms with van der Waals surface area (Å²) in [6, 6.07) is 15.5. The number of amides is 1. The number of nitrogens with zero attached hydrogens (tertiary/aromatic N) is 1. The molecule has 1 amide bonds. The number of benzene rings is 2. The molecule has 3 rings (SSSR count). The standard InChI is InChI=1S/C22H26N4O2/c1-23-12-4-7-21(17-5-3-6-20(13-17)28-2)22(27)26-19-10-8-16(9-11-19)18-14-24-25-15-18/h3,5-6,8-11,13-15,21,23H,4,7,12H2,1-2H3,(H,24,25)(H,26,27). The fourth-order valence-corrected chi connectivity index (χ4v) is 3.17. The van der Waals surface area contributed by atoms with Crippen LogP contribution in [-0.4, -0.2) is 36.8 Å². The average Bonchev–Trinajstić information content (AvgIpc) is 3.26. The van der Waals surface area contributed by atoms with Crippen molar-refractivity contribution in [1.82, 2.24) is 15.5 Å². The van der Waals surface area contributed by atoms with E-state index in [1.54, 1.807) is 13.3 Å². The van der Waals surface area contributed by atoms with Gasteiger partial charge in [0.1, 0.15) is 5.75 Å². The number of rotatable bonds is 9. The van der Waals surface area contributed by atoms with Gasteiger partial charge in [0.15, 0.2) is 0 Å². The summed E-state index contributed by atoms with van der Waals surface area (Å²) in [5.41, 5.74) is 3.80. The molecule has 0 radical (unpaired) electrons. The molecular formula is C22H26N4O2. The van der Waals surface area contributed by atoms with Crippen molar-refractivity contribution in [2.75, 3.05) is 26.0 Å². The quantitative estimate of drug-likeness (QED) is 0.495. The summed E-state index contributed by atoms with van der Waals surface area (Å²) in [4.78, 5) is 13.0. The van der Waals surface area contributed by atoms with Crippen molar-refractivity contribution in [3.05, 3.63) is 66.5 Å². The molecule has 6 heteroatoms. The predicted octanol–water partition coefficient (Wildman–Crippen LogP) is 3.81. The fourth-order valence-electron chi connectivity index (χ4n) is 3.17. The van der Waals surface area contributed by atoms with E-state index in [9.17, 15) is 4.79 Å². The number of carbonyl (C=O) groups is 1. The topological polar surface area (TPSA) is 79.0 Å². The van der Waals surface area contributed by atoms with Crippen molar-refractivity contribution in [3.63, 3.8) is 0 Å². The van der Waals surface area contributed by atoms with Gasteiger partial charge in [-0.2, -0.15) is 5.10 Å². The maximum atomic E-state index is 13.0. The molecule has 1 aromatic heterocycles. The van der Waals surface area contributed by atoms with Crippen molar-refractivity contribution in [3.8, 4) is 16.9 Å². The molecule has 146 valence electrons. The maximum Gasteiger partial charge on any atom is 0.231 e. The monoisotopic (exact) mass is 378 g/mol. The number of aromatic nitrogens is 2. The van der Waals surface area contributed by atoms with Crippen LogP contribution in [0.15, 0.2) is 60.9 Å². The fraction of sp³-hybridized carbons (Fsp3) is 0.273. The number of aromatic amines is 1. The SMILES string of the molecule is CNCCCC(C(=O)Nc1ccc(-c2cn[nH]c2)cc1)c1cccc(OC)c1. The lowest BCUT2D eigenvalue weighted by molar-refractivity contribution is -0.117. The van der Waals surface area contributed by atoms with Gasteiger partial charge in [-0.1, -0.05) is 24.3 Å². The van der Waals surface area contributed by atoms with Gasteiger partial charge in [0.25, 0.3) is 0 Å². The van der Waals surface area contributed by atoms with Crippen LogP contribution in [0.1, 0.15) is 24.3 Å². The number of hydrogen-bond acceptors (Lipinski definition) is 4. The number of H-pyrrole nitrogens is 1. The maximum absolute atomic E-state index is 13.0. The van der Waals surface area contributed by atoms with E-state index < -0.39 is 0 Å². The molecule has 1 unspecified atom stereocenters. The molecule has 0 aliphatic heterocycles. The van der Waals surface area contributed by atoms with Gasteiger partial charge in [-0.15, -0.1) is 0 Å². The Morgan fingerprint density at radius 2 is 2.00 bits per heavy atom. The second-order valence-corrected chi connectivity index (χ2v) is 6.63. The van der Waals surface area contributed by atoms with Crippen molar-refractivity contribution in [2.45, 2.75) is 18.8 Å². The minimum Gasteiger partial charge on any atom is -0.497 e. The summed E-state index contributed by atoms with van der Waals surface area (Å²) in [5, 5.41) is 13.0. The van der Waals surface area contributed by atoms with Crippen LogP contribution < -0.4 is 15.4 Å². The number of methoxy groups -OCH3 is 1. The van der Waals surface area contributed by atoms with Gasteiger partial charge in [0.2, 0.25) is 5.91 Å². The van der Waals surface area contributed by atoms with Crippen LogP contribution in [0.4, 0.5) is 5.69 Å². The van der Waals surface area contributed by atoms with E-state index in [1.165, 1.54) is 0 Å². The van der Waals surface area contributed by atoms with Crippen LogP contribution in [0.5, 0.6) is 5.75 Å². The lowest BCUT2D eigenvalue weighted by Crippen LogP contribution is -2.22. The minimum absolute atomic E-state index is 0.0135. The molecule has 1 heterocycles. The molecule has 1 atom stereocenters. The van der Waals surface area contributed by atoms with Gasteiger partial charge >= 0.3 is 0 Å². The van der Waals surface area contributed by atoms with Gasteiger partial charge in [-0.25, -0.2) is 0 Å². The molecule has 0 fully saturated rings. The Balaban J connectivity index is 1.74. The first-order valence-electron chi connectivity index (χ1n) is 9.40. The predicted molar refractivity (Wildman–Crippen MR) is 112 cm³/mol. The number of hydrogen-bond donors (Lipinski definition) is 3. The van der Waals surface area contributed by atoms with Crippen LogP contribution in [0.3, 0.4) is 0 Å². The second kappa shape index (κ2) is 9.71. The van der Waals surface area contributed by atoms with Crippen LogP contribution >= 0.6 is 0 Å². The Kier molecular flexibility index (Phi) is 6.81. The normalized spacial score (nSPS) is 11.8. The van der Waals surface area contributed by atoms with Crippen molar-refractivity contribution >= 4 is 11.6 Å². The summed E-state index contributed by atoms with van der Waals surface area (Å²) in [6.07, 6.45) is 5.28. The number of carbonyl (C=O) groups excluding carboxylic acids is 1. The molecule has 28 heavy (non-hydrogen) atoms. The molecule has 0 spiro atoms. The summed E-state index contributed by atoms with van der Waals surface area (Å²) in [6.45, 7) is 0.868. The highest BCUT2D eigenvalue weighted by Crippen LogP contribution is 2.27. The average molecular weight is 378 g/mol. The Morgan fingerprint density at radius 3 is 2.68 bits per heavy atom. The third kappa shape index (κ3) is 4.98. The largest absolute Gasteiger partial charge is 0.497 e. The highest BCUT2D eigenvalue weighted by Gasteiger charge is 2.21. The van der Waals surface area contributed by atoms with Crippen LogP contribution in [0, 0.1) is 0 Å². The first kappa shape index (κ1) is 19.6. The first-order chi connectivity index (χ1) is 13.7. The molecule has 6 nitrogen and oxygen atoms in total. The number of nitrogens with one attached hydrogen (secondary N) is 3. The molecule has 0 aliphatic rings. The van der Waals surface area contributed by atoms with E-state index in [0.29, 0.717) is 0 Å². The smallest absolute Gasteiger partial charge is 0.231 e. The third-order valence-corrected chi connectivity index (χ3v) is 4.72. The summed E-state index contributed by atoms with van der Waals surface area (Å²) in [5.74, 6) is 0.505. The Labute approximate surface area is 165 Å². The molecule has 0 bridgehead atoms. The lowest BCUT2D eigenvalue weighted by Gasteiger charge is -2.18. The van der Waals surface area contributed by atoms with E-state index >= 15 is 0 Å². The van der Waals surface area contributed by atoms with Crippen molar-refractivity contribution in [2.24, 2.45) is 0 Å². The van der Waals surface area contributed by atoms with Gasteiger partial charge in [-0.05, 0) is 61.8 Å². The van der Waals surface area contributed by atoms with E-state index in [2.05, 4.69) is 20.8 Å². The molecular weight excluding hydrogens is 352 g/mol. The van der Waals surface area contributed by atoms with Crippen LogP contribution in [0.2, 0.25) is 0 Å². The van der Waals surface area contributed by atoms with Gasteiger partial charge in [0.05, 0.1) is 19.2 Å². The Morgan fingerprint density at radius 1 is 1.18 bits per heavy atom. The van der Waals surface area contributed by atoms with Crippen molar-refractivity contribution in [1.29, 1.82) is 0 Å². The zero-order valence-corrected chi connectivity index (χ0v) is 16.2. The van der Waals surface area contributed by atoms with E-state index in [-0.39, 0.29) is 11.8 Å². The van der Waals surface area contributed by atoms with Crippen LogP contribution in [0.25, 0.3) is 11.1 Å². The third-order valence-electron chi connectivity index (χ3n) is 4.72. The summed E-state index contributed by atoms with van der Waals surface area (Å²) >= 11 is 0. The highest BCUT2D eigenvalue weighted by molar-refractivity contribution is 5.96. The second-order valence-electron chi connectivity index (χ2n) is 6.63. The van der Waals surface area contributed by atoms with Gasteiger partial charge < -0.3 is 15.4 Å². The van der Waals surface area contributed by atoms with E-state index in [4.69, 9.17) is 4.74 Å². The van der Waals surface area contributed by atoms with Crippen molar-refractivity contribution < 1.29 is 9.53 Å². The molecule has 0 saturated heterocycles. The zero-order valence-electron chi connectivity index (χ0n) is 16.2. The number of anilines is 1. The van der Waals surface area contributed by atoms with E-state index in [1.807, 2.05) is 61.8 Å². The molecule has 3 aromatic rings. The molecule has 0 aliphatic carbocycles. The zero-order chi connectivity index (χ0) is 19.8. The molecule has 0 saturated carbocycles. The van der Waals surface area contributed by atoms with Gasteiger partial charge in [-0.3, -0.25) is 9.89 Å². The number of ether oxygens (including phenoxy) is 1. The molecule has 3 N–H and O–H groups in total. The lowest BCUT2D eigenvalue weighted by atomic mass is 9.93.